The van der Waals surface area contributed by atoms with Crippen molar-refractivity contribution in [3.8, 4) is 0 Å². The maximum Gasteiger partial charge on any atom is 0.361 e. The average molecular weight is 1040 g/mol. The summed E-state index contributed by atoms with van der Waals surface area (Å²) in [7, 11) is 5.95. The van der Waals surface area contributed by atoms with Gasteiger partial charge in [0.15, 0.2) is 6.10 Å². The molecule has 75 heavy (non-hydrogen) atoms. The van der Waals surface area contributed by atoms with Crippen LogP contribution in [0.4, 0.5) is 0 Å². The lowest BCUT2D eigenvalue weighted by Gasteiger charge is -2.25. The van der Waals surface area contributed by atoms with Gasteiger partial charge in [0.2, 0.25) is 0 Å². The fraction of sp³-hybridized carbons (Fsp3) is 0.621. The number of allylic oxidation sites excluding steroid dienone is 22. The van der Waals surface area contributed by atoms with E-state index < -0.39 is 24.3 Å². The van der Waals surface area contributed by atoms with Gasteiger partial charge in [0.1, 0.15) is 13.2 Å². The summed E-state index contributed by atoms with van der Waals surface area (Å²) in [5, 5.41) is 9.71. The number of likely N-dealkylation sites (N-methyl/N-ethyl adjacent to an activating group) is 1. The van der Waals surface area contributed by atoms with Crippen molar-refractivity contribution in [3.63, 3.8) is 0 Å². The highest BCUT2D eigenvalue weighted by molar-refractivity contribution is 5.71. The van der Waals surface area contributed by atoms with Gasteiger partial charge in [0, 0.05) is 12.8 Å². The summed E-state index contributed by atoms with van der Waals surface area (Å²) >= 11 is 0. The number of rotatable bonds is 52. The Labute approximate surface area is 459 Å². The first-order valence-corrected chi connectivity index (χ1v) is 29.3. The van der Waals surface area contributed by atoms with E-state index in [1.54, 1.807) is 0 Å². The molecule has 0 aliphatic rings. The van der Waals surface area contributed by atoms with Gasteiger partial charge in [-0.05, 0) is 109 Å². The van der Waals surface area contributed by atoms with Crippen molar-refractivity contribution in [2.75, 3.05) is 47.5 Å². The van der Waals surface area contributed by atoms with Crippen molar-refractivity contribution in [2.45, 2.75) is 219 Å². The van der Waals surface area contributed by atoms with Crippen molar-refractivity contribution in [1.29, 1.82) is 0 Å². The van der Waals surface area contributed by atoms with E-state index in [9.17, 15) is 19.5 Å². The maximum atomic E-state index is 12.9. The first kappa shape index (κ1) is 70.4. The van der Waals surface area contributed by atoms with Crippen LogP contribution >= 0.6 is 0 Å². The molecule has 0 aromatic carbocycles. The minimum absolute atomic E-state index is 0.176. The van der Waals surface area contributed by atoms with Gasteiger partial charge >= 0.3 is 17.9 Å². The van der Waals surface area contributed by atoms with Crippen LogP contribution in [0.15, 0.2) is 134 Å². The van der Waals surface area contributed by atoms with E-state index in [0.717, 1.165) is 141 Å². The normalized spacial score (nSPS) is 13.8. The molecule has 0 aromatic heterocycles. The van der Waals surface area contributed by atoms with Crippen molar-refractivity contribution in [1.82, 2.24) is 0 Å². The smallest absolute Gasteiger partial charge is 0.361 e. The summed E-state index contributed by atoms with van der Waals surface area (Å²) in [6, 6.07) is 0. The molecule has 424 valence electrons. The summed E-state index contributed by atoms with van der Waals surface area (Å²) in [6.45, 7) is 4.61. The van der Waals surface area contributed by atoms with Crippen LogP contribution in [0.3, 0.4) is 0 Å². The van der Waals surface area contributed by atoms with Crippen molar-refractivity contribution >= 4 is 17.9 Å². The van der Waals surface area contributed by atoms with Gasteiger partial charge in [-0.2, -0.15) is 0 Å². The van der Waals surface area contributed by atoms with E-state index in [2.05, 4.69) is 148 Å². The first-order valence-electron chi connectivity index (χ1n) is 29.3. The third-order valence-electron chi connectivity index (χ3n) is 11.9. The Kier molecular flexibility index (Phi) is 52.3. The van der Waals surface area contributed by atoms with Crippen LogP contribution < -0.4 is 0 Å². The minimum Gasteiger partial charge on any atom is -0.477 e. The zero-order valence-electron chi connectivity index (χ0n) is 48.2. The van der Waals surface area contributed by atoms with Gasteiger partial charge in [0.05, 0.1) is 34.4 Å². The van der Waals surface area contributed by atoms with Crippen LogP contribution in [-0.4, -0.2) is 87.4 Å². The van der Waals surface area contributed by atoms with Gasteiger partial charge in [0.25, 0.3) is 6.29 Å². The van der Waals surface area contributed by atoms with E-state index in [0.29, 0.717) is 17.4 Å². The molecule has 9 nitrogen and oxygen atoms in total. The number of hydrogen-bond acceptors (Lipinski definition) is 7. The van der Waals surface area contributed by atoms with E-state index >= 15 is 0 Å². The maximum absolute atomic E-state index is 12.9. The number of carboxylic acid groups (broad SMARTS) is 1. The van der Waals surface area contributed by atoms with Gasteiger partial charge in [-0.15, -0.1) is 0 Å². The molecule has 0 amide bonds. The molecule has 0 rings (SSSR count). The Balaban J connectivity index is 4.29. The van der Waals surface area contributed by atoms with Crippen LogP contribution in [0.25, 0.3) is 0 Å². The third kappa shape index (κ3) is 57.0. The SMILES string of the molecule is CC/C=C\C/C=C\C/C=C\C/C=C\C/C=C\C/C=C\C/C=C\CCCCCCCCCCCC(=O)OC(COC(=O)CCCCCCCC/C=C\C/C=C\C/C=C\C/C=C\CC)COC(OCC[N+](C)(C)C)C(=O)O. The number of carbonyl (C=O) groups excluding carboxylic acids is 2. The predicted molar refractivity (Wildman–Crippen MR) is 317 cm³/mol. The standard InChI is InChI=1S/C66H107NO8/c1-6-8-10-12-14-16-18-20-22-24-26-27-28-29-30-31-32-33-34-35-36-37-39-41-43-45-47-49-51-53-55-57-64(69)75-62(61-74-66(65(70)71)72-59-58-67(3,4)5)60-73-63(68)56-54-52-50-48-46-44-42-40-38-25-23-21-19-17-15-13-11-9-7-2/h8-11,14-17,20-23,26-27,29-30,32-33,35-36,38,40,62,66H,6-7,12-13,18-19,24-25,28,31,34,37,39,41-61H2,1-5H3/p+1/b10-8-,11-9-,16-14-,17-15-,22-20-,23-21-,27-26-,30-29-,33-32-,36-35-,40-38-. The number of quaternary nitrogens is 1. The van der Waals surface area contributed by atoms with E-state index in [-0.39, 0.29) is 38.6 Å². The summed E-state index contributed by atoms with van der Waals surface area (Å²) in [4.78, 5) is 37.4. The molecule has 0 radical (unpaired) electrons. The largest absolute Gasteiger partial charge is 0.477 e. The fourth-order valence-corrected chi connectivity index (χ4v) is 7.45. The summed E-state index contributed by atoms with van der Waals surface area (Å²) in [5.41, 5.74) is 0. The molecule has 0 heterocycles. The highest BCUT2D eigenvalue weighted by Crippen LogP contribution is 2.14. The lowest BCUT2D eigenvalue weighted by Crippen LogP contribution is -2.40. The number of nitrogens with zero attached hydrogens (tertiary/aromatic N) is 1. The van der Waals surface area contributed by atoms with Crippen LogP contribution in [0, 0.1) is 0 Å². The molecular formula is C66H108NO8+. The van der Waals surface area contributed by atoms with Gasteiger partial charge < -0.3 is 28.5 Å². The van der Waals surface area contributed by atoms with Crippen molar-refractivity contribution < 1.29 is 42.9 Å². The van der Waals surface area contributed by atoms with Crippen LogP contribution in [0.2, 0.25) is 0 Å². The molecule has 0 fully saturated rings. The lowest BCUT2D eigenvalue weighted by molar-refractivity contribution is -0.870. The zero-order chi connectivity index (χ0) is 54.8. The highest BCUT2D eigenvalue weighted by atomic mass is 16.7. The van der Waals surface area contributed by atoms with Crippen LogP contribution in [0.1, 0.15) is 206 Å². The molecule has 0 aromatic rings. The van der Waals surface area contributed by atoms with Crippen LogP contribution in [-0.2, 0) is 33.3 Å². The number of aliphatic carboxylic acids is 1. The van der Waals surface area contributed by atoms with Crippen molar-refractivity contribution in [2.24, 2.45) is 0 Å². The Hall–Kier alpha value is -4.57. The number of carboxylic acids is 1. The summed E-state index contributed by atoms with van der Waals surface area (Å²) < 4.78 is 22.9. The predicted octanol–water partition coefficient (Wildman–Crippen LogP) is 17.5. The van der Waals surface area contributed by atoms with Crippen molar-refractivity contribution in [3.05, 3.63) is 134 Å². The second-order valence-electron chi connectivity index (χ2n) is 20.2. The van der Waals surface area contributed by atoms with Crippen LogP contribution in [0.5, 0.6) is 0 Å². The Morgan fingerprint density at radius 3 is 1.07 bits per heavy atom. The molecule has 0 bridgehead atoms. The molecule has 0 saturated heterocycles. The molecular weight excluding hydrogens is 935 g/mol. The molecule has 0 saturated carbocycles. The minimum atomic E-state index is -1.52. The molecule has 9 heteroatoms. The van der Waals surface area contributed by atoms with E-state index in [1.165, 1.54) is 32.1 Å². The summed E-state index contributed by atoms with van der Waals surface area (Å²) in [6.07, 6.45) is 76.7. The topological polar surface area (TPSA) is 108 Å². The number of esters is 2. The molecule has 1 N–H and O–H groups in total. The zero-order valence-corrected chi connectivity index (χ0v) is 48.2. The first-order chi connectivity index (χ1) is 36.6. The quantitative estimate of drug-likeness (QED) is 0.0211. The number of hydrogen-bond donors (Lipinski definition) is 1. The fourth-order valence-electron chi connectivity index (χ4n) is 7.45. The van der Waals surface area contributed by atoms with E-state index in [4.69, 9.17) is 18.9 Å². The highest BCUT2D eigenvalue weighted by Gasteiger charge is 2.25. The second kappa shape index (κ2) is 55.7. The lowest BCUT2D eigenvalue weighted by atomic mass is 10.1. The molecule has 0 aliphatic carbocycles. The third-order valence-corrected chi connectivity index (χ3v) is 11.9. The number of ether oxygens (including phenoxy) is 4. The molecule has 2 atom stereocenters. The average Bonchev–Trinajstić information content (AvgIpc) is 3.38. The van der Waals surface area contributed by atoms with Gasteiger partial charge in [-0.3, -0.25) is 9.59 Å². The Bertz CT molecular complexity index is 1690. The second-order valence-corrected chi connectivity index (χ2v) is 20.2. The monoisotopic (exact) mass is 1040 g/mol. The molecule has 0 aliphatic heterocycles. The number of unbranched alkanes of at least 4 members (excludes halogenated alkanes) is 15. The molecule has 2 unspecified atom stereocenters. The molecule has 0 spiro atoms. The summed E-state index contributed by atoms with van der Waals surface area (Å²) in [5.74, 6) is -2.05. The van der Waals surface area contributed by atoms with Gasteiger partial charge in [-0.1, -0.05) is 218 Å². The Morgan fingerprint density at radius 2 is 0.720 bits per heavy atom. The van der Waals surface area contributed by atoms with E-state index in [1.807, 2.05) is 21.1 Å². The Morgan fingerprint density at radius 1 is 0.400 bits per heavy atom. The number of carbonyl (C=O) groups is 3. The van der Waals surface area contributed by atoms with Gasteiger partial charge in [-0.25, -0.2) is 4.79 Å².